The van der Waals surface area contributed by atoms with E-state index < -0.39 is 5.60 Å². The molecule has 0 aromatic heterocycles. The van der Waals surface area contributed by atoms with Crippen molar-refractivity contribution in [1.29, 1.82) is 0 Å². The van der Waals surface area contributed by atoms with Crippen LogP contribution in [0.3, 0.4) is 0 Å². The number of allylic oxidation sites excluding steroid dienone is 1. The fraction of sp³-hybridized carbons (Fsp3) is 0.524. The molecule has 1 aliphatic rings. The smallest absolute Gasteiger partial charge is 0.410 e. The van der Waals surface area contributed by atoms with Crippen LogP contribution in [0.2, 0.25) is 0 Å². The first-order chi connectivity index (χ1) is 11.9. The zero-order chi connectivity index (χ0) is 18.3. The Morgan fingerprint density at radius 2 is 2.04 bits per heavy atom. The van der Waals surface area contributed by atoms with E-state index >= 15 is 0 Å². The number of aryl methyl sites for hydroxylation is 1. The minimum Gasteiger partial charge on any atom is -0.444 e. The number of rotatable bonds is 6. The predicted molar refractivity (Wildman–Crippen MR) is 99.4 cm³/mol. The van der Waals surface area contributed by atoms with Crippen molar-refractivity contribution in [2.24, 2.45) is 5.92 Å². The van der Waals surface area contributed by atoms with Gasteiger partial charge in [-0.05, 0) is 52.0 Å². The monoisotopic (exact) mass is 343 g/mol. The molecule has 1 aromatic rings. The number of amides is 1. The second kappa shape index (κ2) is 8.84. The van der Waals surface area contributed by atoms with Gasteiger partial charge in [0.1, 0.15) is 11.9 Å². The van der Waals surface area contributed by atoms with Crippen LogP contribution >= 0.6 is 0 Å². The molecule has 25 heavy (non-hydrogen) atoms. The first-order valence-corrected chi connectivity index (χ1v) is 9.06. The summed E-state index contributed by atoms with van der Waals surface area (Å²) in [7, 11) is 0. The summed E-state index contributed by atoms with van der Waals surface area (Å²) in [6.07, 6.45) is 8.21. The van der Waals surface area contributed by atoms with Gasteiger partial charge in [-0.2, -0.15) is 0 Å². The average molecular weight is 343 g/mol. The van der Waals surface area contributed by atoms with Gasteiger partial charge >= 0.3 is 6.09 Å². The molecule has 2 rings (SSSR count). The molecule has 0 bridgehead atoms. The lowest BCUT2D eigenvalue weighted by Gasteiger charge is -2.30. The van der Waals surface area contributed by atoms with Crippen LogP contribution < -0.4 is 0 Å². The first kappa shape index (κ1) is 19.2. The van der Waals surface area contributed by atoms with Crippen LogP contribution in [0, 0.1) is 5.92 Å². The topological polar surface area (TPSA) is 46.6 Å². The van der Waals surface area contributed by atoms with E-state index in [0.29, 0.717) is 6.54 Å². The van der Waals surface area contributed by atoms with Crippen molar-refractivity contribution in [3.05, 3.63) is 48.0 Å². The Bertz CT molecular complexity index is 589. The minimum absolute atomic E-state index is 0.0969. The largest absolute Gasteiger partial charge is 0.444 e. The Morgan fingerprint density at radius 3 is 2.68 bits per heavy atom. The van der Waals surface area contributed by atoms with Crippen molar-refractivity contribution in [1.82, 2.24) is 4.90 Å². The van der Waals surface area contributed by atoms with Gasteiger partial charge in [0.2, 0.25) is 0 Å². The van der Waals surface area contributed by atoms with Gasteiger partial charge in [0.15, 0.2) is 0 Å². The molecule has 1 amide bonds. The van der Waals surface area contributed by atoms with Crippen LogP contribution in [0.15, 0.2) is 42.5 Å². The molecule has 0 saturated carbocycles. The Kier molecular flexibility index (Phi) is 6.80. The van der Waals surface area contributed by atoms with Crippen LogP contribution in [0.5, 0.6) is 0 Å². The number of ether oxygens (including phenoxy) is 1. The molecule has 0 N–H and O–H groups in total. The second-order valence-corrected chi connectivity index (χ2v) is 7.55. The maximum absolute atomic E-state index is 12.4. The van der Waals surface area contributed by atoms with Gasteiger partial charge < -0.3 is 14.4 Å². The molecule has 136 valence electrons. The first-order valence-electron chi connectivity index (χ1n) is 9.06. The molecule has 1 fully saturated rings. The van der Waals surface area contributed by atoms with Crippen molar-refractivity contribution in [3.63, 3.8) is 0 Å². The summed E-state index contributed by atoms with van der Waals surface area (Å²) in [4.78, 5) is 25.7. The maximum atomic E-state index is 12.4. The molecule has 0 spiro atoms. The molecule has 1 heterocycles. The molecule has 2 atom stereocenters. The molecular weight excluding hydrogens is 314 g/mol. The quantitative estimate of drug-likeness (QED) is 0.568. The lowest BCUT2D eigenvalue weighted by Crippen LogP contribution is -2.43. The number of carbonyl (C=O) groups excluding carboxylic acids is 2. The number of hydrogen-bond donors (Lipinski definition) is 0. The van der Waals surface area contributed by atoms with Crippen molar-refractivity contribution in [3.8, 4) is 0 Å². The van der Waals surface area contributed by atoms with E-state index in [9.17, 15) is 9.59 Å². The highest BCUT2D eigenvalue weighted by atomic mass is 16.6. The van der Waals surface area contributed by atoms with Crippen LogP contribution in [-0.4, -0.2) is 35.5 Å². The number of carbonyl (C=O) groups is 2. The summed E-state index contributed by atoms with van der Waals surface area (Å²) < 4.78 is 5.48. The lowest BCUT2D eigenvalue weighted by atomic mass is 9.97. The highest BCUT2D eigenvalue weighted by molar-refractivity contribution is 5.70. The molecule has 1 aromatic carbocycles. The Hall–Kier alpha value is -2.10. The fourth-order valence-corrected chi connectivity index (χ4v) is 3.15. The highest BCUT2D eigenvalue weighted by Gasteiger charge is 2.35. The highest BCUT2D eigenvalue weighted by Crippen LogP contribution is 2.26. The number of nitrogens with zero attached hydrogens (tertiary/aromatic N) is 1. The van der Waals surface area contributed by atoms with E-state index in [-0.39, 0.29) is 18.1 Å². The number of hydrogen-bond acceptors (Lipinski definition) is 3. The third kappa shape index (κ3) is 6.04. The van der Waals surface area contributed by atoms with Gasteiger partial charge in [0, 0.05) is 12.6 Å². The van der Waals surface area contributed by atoms with Crippen molar-refractivity contribution < 1.29 is 14.3 Å². The molecular formula is C21H29NO3. The van der Waals surface area contributed by atoms with Crippen LogP contribution in [0.4, 0.5) is 4.79 Å². The van der Waals surface area contributed by atoms with Crippen molar-refractivity contribution in [2.45, 2.75) is 58.1 Å². The summed E-state index contributed by atoms with van der Waals surface area (Å²) in [5.41, 5.74) is 0.762. The zero-order valence-electron chi connectivity index (χ0n) is 15.5. The molecule has 0 unspecified atom stereocenters. The third-order valence-electron chi connectivity index (χ3n) is 4.33. The van der Waals surface area contributed by atoms with E-state index in [1.54, 1.807) is 4.90 Å². The third-order valence-corrected chi connectivity index (χ3v) is 4.33. The summed E-state index contributed by atoms with van der Waals surface area (Å²) in [6.45, 7) is 6.23. The number of benzene rings is 1. The van der Waals surface area contributed by atoms with Crippen LogP contribution in [0.25, 0.3) is 0 Å². The minimum atomic E-state index is -0.521. The molecule has 0 aliphatic carbocycles. The average Bonchev–Trinajstić information content (AvgIpc) is 3.04. The standard InChI is InChI=1S/C21H29NO3/c1-21(2,3)25-20(24)22-15-9-14-19(22)18(16-23)13-8-7-12-17-10-5-4-6-11-17/h4-6,8,10-11,13,16,18-19H,7,9,12,14-15H2,1-3H3/b13-8+/t18-,19-/m0/s1. The maximum Gasteiger partial charge on any atom is 0.410 e. The Morgan fingerprint density at radius 1 is 1.32 bits per heavy atom. The van der Waals surface area contributed by atoms with Gasteiger partial charge in [-0.1, -0.05) is 42.5 Å². The molecule has 1 saturated heterocycles. The number of likely N-dealkylation sites (tertiary alicyclic amines) is 1. The molecule has 0 radical (unpaired) electrons. The Balaban J connectivity index is 1.92. The van der Waals surface area contributed by atoms with Crippen LogP contribution in [-0.2, 0) is 16.0 Å². The Labute approximate surface area is 150 Å². The van der Waals surface area contributed by atoms with Crippen LogP contribution in [0.1, 0.15) is 45.6 Å². The number of aldehydes is 1. The SMILES string of the molecule is CC(C)(C)OC(=O)N1CCC[C@H]1[C@H](C=O)/C=C/CCc1ccccc1. The van der Waals surface area contributed by atoms with Crippen molar-refractivity contribution >= 4 is 12.4 Å². The molecule has 1 aliphatic heterocycles. The van der Waals surface area contributed by atoms with Gasteiger partial charge in [0.05, 0.1) is 5.92 Å². The van der Waals surface area contributed by atoms with E-state index in [1.807, 2.05) is 45.0 Å². The lowest BCUT2D eigenvalue weighted by molar-refractivity contribution is -0.111. The van der Waals surface area contributed by atoms with Gasteiger partial charge in [-0.25, -0.2) is 4.79 Å². The molecule has 4 nitrogen and oxygen atoms in total. The second-order valence-electron chi connectivity index (χ2n) is 7.55. The zero-order valence-corrected chi connectivity index (χ0v) is 15.5. The van der Waals surface area contributed by atoms with Crippen molar-refractivity contribution in [2.75, 3.05) is 6.54 Å². The van der Waals surface area contributed by atoms with Gasteiger partial charge in [-0.3, -0.25) is 0 Å². The fourth-order valence-electron chi connectivity index (χ4n) is 3.15. The van der Waals surface area contributed by atoms with Gasteiger partial charge in [0.25, 0.3) is 0 Å². The summed E-state index contributed by atoms with van der Waals surface area (Å²) in [6, 6.07) is 10.2. The summed E-state index contributed by atoms with van der Waals surface area (Å²) in [5, 5.41) is 0. The normalized spacial score (nSPS) is 19.2. The van der Waals surface area contributed by atoms with E-state index in [2.05, 4.69) is 18.2 Å². The summed E-state index contributed by atoms with van der Waals surface area (Å²) in [5.74, 6) is -0.272. The van der Waals surface area contributed by atoms with E-state index in [1.165, 1.54) is 5.56 Å². The molecule has 4 heteroatoms. The van der Waals surface area contributed by atoms with Gasteiger partial charge in [-0.15, -0.1) is 0 Å². The summed E-state index contributed by atoms with van der Waals surface area (Å²) >= 11 is 0. The predicted octanol–water partition coefficient (Wildman–Crippen LogP) is 4.39. The van der Waals surface area contributed by atoms with E-state index in [4.69, 9.17) is 4.74 Å². The van der Waals surface area contributed by atoms with E-state index in [0.717, 1.165) is 32.0 Å².